The first kappa shape index (κ1) is 13.4. The molecule has 0 amide bonds. The Kier molecular flexibility index (Phi) is 4.87. The molecule has 0 aromatic heterocycles. The van der Waals surface area contributed by atoms with Gasteiger partial charge in [0.25, 0.3) is 0 Å². The summed E-state index contributed by atoms with van der Waals surface area (Å²) in [7, 11) is 0. The van der Waals surface area contributed by atoms with Gasteiger partial charge in [-0.15, -0.1) is 0 Å². The number of nitrogens with one attached hydrogen (secondary N) is 1. The number of piperidine rings is 1. The molecule has 1 heterocycles. The Hall–Kier alpha value is -0.0800. The van der Waals surface area contributed by atoms with Crippen molar-refractivity contribution in [3.05, 3.63) is 0 Å². The molecule has 0 aromatic rings. The second kappa shape index (κ2) is 6.19. The van der Waals surface area contributed by atoms with Crippen LogP contribution in [-0.2, 0) is 0 Å². The largest absolute Gasteiger partial charge is 0.313 e. The zero-order valence-electron chi connectivity index (χ0n) is 11.9. The maximum atomic E-state index is 3.71. The van der Waals surface area contributed by atoms with Gasteiger partial charge in [0.2, 0.25) is 0 Å². The molecule has 1 N–H and O–H groups in total. The molecular weight excluding hydrogens is 208 g/mol. The third-order valence-electron chi connectivity index (χ3n) is 4.27. The number of hydrogen-bond donors (Lipinski definition) is 1. The van der Waals surface area contributed by atoms with Gasteiger partial charge < -0.3 is 5.32 Å². The van der Waals surface area contributed by atoms with E-state index in [1.165, 1.54) is 51.7 Å². The second-order valence-corrected chi connectivity index (χ2v) is 6.69. The van der Waals surface area contributed by atoms with Crippen LogP contribution in [0, 0.1) is 11.8 Å². The van der Waals surface area contributed by atoms with Gasteiger partial charge in [-0.1, -0.05) is 20.8 Å². The normalized spacial score (nSPS) is 30.2. The number of rotatable bonds is 6. The quantitative estimate of drug-likeness (QED) is 0.765. The minimum atomic E-state index is 0.756. The minimum absolute atomic E-state index is 0.756. The summed E-state index contributed by atoms with van der Waals surface area (Å²) in [6.45, 7) is 10.9. The zero-order valence-corrected chi connectivity index (χ0v) is 11.9. The van der Waals surface area contributed by atoms with E-state index in [2.05, 4.69) is 31.0 Å². The lowest BCUT2D eigenvalue weighted by Crippen LogP contribution is -2.46. The topological polar surface area (TPSA) is 15.3 Å². The first-order valence-corrected chi connectivity index (χ1v) is 7.62. The van der Waals surface area contributed by atoms with Crippen molar-refractivity contribution in [1.82, 2.24) is 10.2 Å². The Labute approximate surface area is 107 Å². The van der Waals surface area contributed by atoms with Gasteiger partial charge in [-0.3, -0.25) is 4.90 Å². The lowest BCUT2D eigenvalue weighted by molar-refractivity contribution is 0.191. The molecular formula is C15H30N2. The van der Waals surface area contributed by atoms with Crippen LogP contribution in [0.15, 0.2) is 0 Å². The van der Waals surface area contributed by atoms with E-state index in [-0.39, 0.29) is 0 Å². The molecule has 0 radical (unpaired) electrons. The van der Waals surface area contributed by atoms with Gasteiger partial charge in [0.1, 0.15) is 0 Å². The molecule has 100 valence electrons. The van der Waals surface area contributed by atoms with Gasteiger partial charge in [0.15, 0.2) is 0 Å². The van der Waals surface area contributed by atoms with Gasteiger partial charge in [-0.2, -0.15) is 0 Å². The first-order valence-electron chi connectivity index (χ1n) is 7.62. The van der Waals surface area contributed by atoms with Gasteiger partial charge in [-0.25, -0.2) is 0 Å². The molecule has 0 spiro atoms. The summed E-state index contributed by atoms with van der Waals surface area (Å²) in [5, 5.41) is 3.71. The highest BCUT2D eigenvalue weighted by atomic mass is 15.2. The van der Waals surface area contributed by atoms with E-state index in [0.29, 0.717) is 0 Å². The zero-order chi connectivity index (χ0) is 12.3. The Morgan fingerprint density at radius 2 is 2.00 bits per heavy atom. The van der Waals surface area contributed by atoms with Crippen molar-refractivity contribution in [1.29, 1.82) is 0 Å². The van der Waals surface area contributed by atoms with E-state index in [9.17, 15) is 0 Å². The third kappa shape index (κ3) is 4.59. The monoisotopic (exact) mass is 238 g/mol. The number of hydrogen-bond acceptors (Lipinski definition) is 2. The summed E-state index contributed by atoms with van der Waals surface area (Å²) in [6, 6.07) is 1.68. The maximum Gasteiger partial charge on any atom is 0.0197 e. The van der Waals surface area contributed by atoms with Crippen LogP contribution in [0.1, 0.15) is 52.9 Å². The van der Waals surface area contributed by atoms with Crippen LogP contribution in [0.5, 0.6) is 0 Å². The number of nitrogens with zero attached hydrogens (tertiary/aromatic N) is 1. The van der Waals surface area contributed by atoms with Gasteiger partial charge in [0, 0.05) is 18.6 Å². The van der Waals surface area contributed by atoms with Crippen LogP contribution in [-0.4, -0.2) is 36.6 Å². The summed E-state index contributed by atoms with van der Waals surface area (Å²) in [5.74, 6) is 1.77. The summed E-state index contributed by atoms with van der Waals surface area (Å²) in [4.78, 5) is 2.76. The fourth-order valence-electron chi connectivity index (χ4n) is 2.93. The smallest absolute Gasteiger partial charge is 0.0197 e. The van der Waals surface area contributed by atoms with Crippen molar-refractivity contribution in [3.8, 4) is 0 Å². The van der Waals surface area contributed by atoms with Gasteiger partial charge in [-0.05, 0) is 57.0 Å². The molecule has 2 heteroatoms. The Balaban J connectivity index is 1.76. The Morgan fingerprint density at radius 1 is 1.24 bits per heavy atom. The van der Waals surface area contributed by atoms with E-state index in [1.54, 1.807) is 0 Å². The molecule has 2 unspecified atom stereocenters. The lowest BCUT2D eigenvalue weighted by Gasteiger charge is -2.33. The van der Waals surface area contributed by atoms with Crippen LogP contribution >= 0.6 is 0 Å². The van der Waals surface area contributed by atoms with Crippen molar-refractivity contribution in [3.63, 3.8) is 0 Å². The van der Waals surface area contributed by atoms with Crippen molar-refractivity contribution < 1.29 is 0 Å². The highest BCUT2D eigenvalue weighted by Crippen LogP contribution is 2.28. The molecule has 2 fully saturated rings. The third-order valence-corrected chi connectivity index (χ3v) is 4.27. The highest BCUT2D eigenvalue weighted by Gasteiger charge is 2.31. The second-order valence-electron chi connectivity index (χ2n) is 6.69. The summed E-state index contributed by atoms with van der Waals surface area (Å²) in [5.41, 5.74) is 0. The van der Waals surface area contributed by atoms with Crippen molar-refractivity contribution in [2.45, 2.75) is 65.0 Å². The fraction of sp³-hybridized carbons (Fsp3) is 1.00. The molecule has 1 aliphatic heterocycles. The van der Waals surface area contributed by atoms with Crippen LogP contribution in [0.4, 0.5) is 0 Å². The van der Waals surface area contributed by atoms with E-state index in [4.69, 9.17) is 0 Å². The Bertz CT molecular complexity index is 223. The molecule has 1 saturated heterocycles. The Morgan fingerprint density at radius 3 is 2.59 bits per heavy atom. The van der Waals surface area contributed by atoms with E-state index >= 15 is 0 Å². The molecule has 2 rings (SSSR count). The first-order chi connectivity index (χ1) is 8.15. The van der Waals surface area contributed by atoms with Gasteiger partial charge >= 0.3 is 0 Å². The molecule has 17 heavy (non-hydrogen) atoms. The van der Waals surface area contributed by atoms with Crippen molar-refractivity contribution in [2.24, 2.45) is 11.8 Å². The molecule has 0 bridgehead atoms. The molecule has 1 saturated carbocycles. The fourth-order valence-corrected chi connectivity index (χ4v) is 2.93. The van der Waals surface area contributed by atoms with E-state index in [0.717, 1.165) is 23.9 Å². The average molecular weight is 238 g/mol. The predicted molar refractivity (Wildman–Crippen MR) is 74.2 cm³/mol. The summed E-state index contributed by atoms with van der Waals surface area (Å²) < 4.78 is 0. The summed E-state index contributed by atoms with van der Waals surface area (Å²) >= 11 is 0. The van der Waals surface area contributed by atoms with Crippen LogP contribution < -0.4 is 5.32 Å². The maximum absolute atomic E-state index is 3.71. The van der Waals surface area contributed by atoms with Gasteiger partial charge in [0.05, 0.1) is 0 Å². The predicted octanol–water partition coefficient (Wildman–Crippen LogP) is 2.89. The lowest BCUT2D eigenvalue weighted by atomic mass is 9.94. The van der Waals surface area contributed by atoms with E-state index in [1.807, 2.05) is 0 Å². The SMILES string of the molecule is CC(C)CCN(CC1CC(C)CCN1)C1CC1. The van der Waals surface area contributed by atoms with Crippen molar-refractivity contribution >= 4 is 0 Å². The molecule has 2 nitrogen and oxygen atoms in total. The highest BCUT2D eigenvalue weighted by molar-refractivity contribution is 4.88. The molecule has 2 atom stereocenters. The minimum Gasteiger partial charge on any atom is -0.313 e. The molecule has 0 aromatic carbocycles. The van der Waals surface area contributed by atoms with E-state index < -0.39 is 0 Å². The average Bonchev–Trinajstić information content (AvgIpc) is 3.07. The molecule has 2 aliphatic rings. The standard InChI is InChI=1S/C15H30N2/c1-12(2)7-9-17(15-4-5-15)11-14-10-13(3)6-8-16-14/h12-16H,4-11H2,1-3H3. The van der Waals surface area contributed by atoms with Crippen LogP contribution in [0.3, 0.4) is 0 Å². The van der Waals surface area contributed by atoms with Crippen LogP contribution in [0.25, 0.3) is 0 Å². The summed E-state index contributed by atoms with van der Waals surface area (Å²) in [6.07, 6.45) is 7.00. The van der Waals surface area contributed by atoms with Crippen molar-refractivity contribution in [2.75, 3.05) is 19.6 Å². The van der Waals surface area contributed by atoms with Crippen LogP contribution in [0.2, 0.25) is 0 Å². The molecule has 1 aliphatic carbocycles.